The quantitative estimate of drug-likeness (QED) is 0.640. The van der Waals surface area contributed by atoms with Gasteiger partial charge in [-0.05, 0) is 23.6 Å². The molecule has 2 aliphatic heterocycles. The highest BCUT2D eigenvalue weighted by Gasteiger charge is 2.39. The first-order valence-corrected chi connectivity index (χ1v) is 11.0. The van der Waals surface area contributed by atoms with Crippen molar-refractivity contribution in [3.63, 3.8) is 0 Å². The summed E-state index contributed by atoms with van der Waals surface area (Å²) < 4.78 is 34.1. The van der Waals surface area contributed by atoms with Crippen LogP contribution in [0.2, 0.25) is 4.34 Å². The normalized spacial score (nSPS) is 18.7. The number of anilines is 1. The lowest BCUT2D eigenvalue weighted by atomic mass is 9.93. The number of aromatic nitrogens is 1. The molecule has 1 atom stereocenters. The van der Waals surface area contributed by atoms with Crippen LogP contribution in [0.1, 0.15) is 17.3 Å². The number of aromatic amines is 1. The van der Waals surface area contributed by atoms with Gasteiger partial charge in [0, 0.05) is 42.5 Å². The molecule has 1 N–H and O–H groups in total. The monoisotopic (exact) mass is 465 g/mol. The number of likely N-dealkylation sites (N-methyl/N-ethyl adjacent to an activating group) is 1. The number of hydrogen-bond acceptors (Lipinski definition) is 5. The molecular formula is C21H18ClF2N3O3S. The third-order valence-corrected chi connectivity index (χ3v) is 7.08. The number of hydrogen-bond donors (Lipinski definition) is 1. The summed E-state index contributed by atoms with van der Waals surface area (Å²) in [6.45, 7) is 1.48. The van der Waals surface area contributed by atoms with Crippen LogP contribution in [0.3, 0.4) is 0 Å². The number of pyridine rings is 1. The maximum atomic E-state index is 14.0. The van der Waals surface area contributed by atoms with Crippen molar-refractivity contribution in [3.8, 4) is 0 Å². The molecular weight excluding hydrogens is 448 g/mol. The minimum Gasteiger partial charge on any atom is -0.373 e. The number of rotatable bonds is 3. The van der Waals surface area contributed by atoms with Crippen molar-refractivity contribution >= 4 is 45.3 Å². The molecule has 3 aromatic rings. The smallest absolute Gasteiger partial charge is 0.256 e. The average Bonchev–Trinajstić information content (AvgIpc) is 3.13. The van der Waals surface area contributed by atoms with Gasteiger partial charge in [0.2, 0.25) is 5.91 Å². The summed E-state index contributed by atoms with van der Waals surface area (Å²) in [5, 5.41) is 2.30. The lowest BCUT2D eigenvalue weighted by Gasteiger charge is -2.43. The van der Waals surface area contributed by atoms with E-state index in [2.05, 4.69) is 9.88 Å². The van der Waals surface area contributed by atoms with Crippen molar-refractivity contribution < 1.29 is 18.3 Å². The lowest BCUT2D eigenvalue weighted by molar-refractivity contribution is -0.139. The first kappa shape index (κ1) is 20.4. The van der Waals surface area contributed by atoms with Crippen LogP contribution in [-0.4, -0.2) is 42.5 Å². The van der Waals surface area contributed by atoms with E-state index in [9.17, 15) is 18.4 Å². The fourth-order valence-corrected chi connectivity index (χ4v) is 5.19. The van der Waals surface area contributed by atoms with Crippen LogP contribution < -0.4 is 10.5 Å². The van der Waals surface area contributed by atoms with Crippen LogP contribution in [-0.2, 0) is 16.1 Å². The van der Waals surface area contributed by atoms with E-state index < -0.39 is 23.2 Å². The second kappa shape index (κ2) is 7.58. The molecule has 2 aliphatic rings. The van der Waals surface area contributed by atoms with Gasteiger partial charge in [0.15, 0.2) is 11.6 Å². The number of carbonyl (C=O) groups is 1. The third kappa shape index (κ3) is 3.40. The van der Waals surface area contributed by atoms with Gasteiger partial charge < -0.3 is 19.5 Å². The van der Waals surface area contributed by atoms with Crippen molar-refractivity contribution in [2.24, 2.45) is 5.92 Å². The SMILES string of the molecule is CN(C(=O)C1CN(c2csc(Cl)c2)C1)[C@H]1COCc2[nH]c(=O)c3cc(F)c(F)cc3c21. The fraction of sp³-hybridized carbons (Fsp3) is 0.333. The second-order valence-electron chi connectivity index (χ2n) is 7.85. The number of carbonyl (C=O) groups excluding carboxylic acids is 1. The minimum atomic E-state index is -1.09. The van der Waals surface area contributed by atoms with Crippen LogP contribution in [0.5, 0.6) is 0 Å². The molecule has 0 unspecified atom stereocenters. The largest absolute Gasteiger partial charge is 0.373 e. The summed E-state index contributed by atoms with van der Waals surface area (Å²) in [7, 11) is 1.67. The van der Waals surface area contributed by atoms with Gasteiger partial charge in [-0.15, -0.1) is 11.3 Å². The highest BCUT2D eigenvalue weighted by Crippen LogP contribution is 2.36. The Kier molecular flexibility index (Phi) is 4.99. The molecule has 162 valence electrons. The standard InChI is InChI=1S/C21H18ClF2N3O3S/c1-26(21(29)10-5-27(6-10)11-2-18(22)31-9-11)17-8-30-7-16-19(17)12-3-14(23)15(24)4-13(12)20(28)25-16/h2-4,9-10,17H,5-8H2,1H3,(H,25,28)/t17-/m0/s1. The minimum absolute atomic E-state index is 0.0505. The van der Waals surface area contributed by atoms with Crippen LogP contribution in [0.15, 0.2) is 28.4 Å². The third-order valence-electron chi connectivity index (χ3n) is 6.00. The zero-order valence-electron chi connectivity index (χ0n) is 16.5. The predicted octanol–water partition coefficient (Wildman–Crippen LogP) is 3.69. The molecule has 0 aliphatic carbocycles. The number of halogens is 3. The van der Waals surface area contributed by atoms with Crippen LogP contribution >= 0.6 is 22.9 Å². The van der Waals surface area contributed by atoms with Crippen molar-refractivity contribution in [3.05, 3.63) is 61.2 Å². The van der Waals surface area contributed by atoms with E-state index >= 15 is 0 Å². The van der Waals surface area contributed by atoms with Crippen LogP contribution in [0.4, 0.5) is 14.5 Å². The first-order chi connectivity index (χ1) is 14.8. The van der Waals surface area contributed by atoms with Crippen molar-refractivity contribution in [1.29, 1.82) is 0 Å². The zero-order valence-corrected chi connectivity index (χ0v) is 18.0. The number of thiophene rings is 1. The van der Waals surface area contributed by atoms with E-state index in [0.29, 0.717) is 34.1 Å². The van der Waals surface area contributed by atoms with Crippen molar-refractivity contribution in [1.82, 2.24) is 9.88 Å². The van der Waals surface area contributed by atoms with E-state index in [1.54, 1.807) is 11.9 Å². The van der Waals surface area contributed by atoms with Crippen LogP contribution in [0, 0.1) is 17.6 Å². The molecule has 0 radical (unpaired) electrons. The molecule has 1 aromatic carbocycles. The number of fused-ring (bicyclic) bond motifs is 3. The Balaban J connectivity index is 1.44. The number of ether oxygens (including phenoxy) is 1. The Labute approximate surface area is 185 Å². The Morgan fingerprint density at radius 1 is 1.26 bits per heavy atom. The highest BCUT2D eigenvalue weighted by molar-refractivity contribution is 7.14. The molecule has 31 heavy (non-hydrogen) atoms. The van der Waals surface area contributed by atoms with E-state index in [1.807, 2.05) is 11.4 Å². The van der Waals surface area contributed by atoms with Gasteiger partial charge in [-0.2, -0.15) is 0 Å². The summed E-state index contributed by atoms with van der Waals surface area (Å²) in [5.41, 5.74) is 1.54. The number of nitrogens with zero attached hydrogens (tertiary/aromatic N) is 2. The van der Waals surface area contributed by atoms with Gasteiger partial charge in [-0.1, -0.05) is 11.6 Å². The molecule has 1 saturated heterocycles. The lowest BCUT2D eigenvalue weighted by Crippen LogP contribution is -2.55. The van der Waals surface area contributed by atoms with Crippen molar-refractivity contribution in [2.75, 3.05) is 31.6 Å². The van der Waals surface area contributed by atoms with Crippen molar-refractivity contribution in [2.45, 2.75) is 12.6 Å². The van der Waals surface area contributed by atoms with E-state index in [-0.39, 0.29) is 30.4 Å². The molecule has 0 bridgehead atoms. The molecule has 0 saturated carbocycles. The topological polar surface area (TPSA) is 65.6 Å². The maximum absolute atomic E-state index is 14.0. The number of amides is 1. The fourth-order valence-electron chi connectivity index (χ4n) is 4.30. The zero-order chi connectivity index (χ0) is 21.9. The Hall–Kier alpha value is -2.49. The number of H-pyrrole nitrogens is 1. The Morgan fingerprint density at radius 2 is 1.97 bits per heavy atom. The second-order valence-corrected chi connectivity index (χ2v) is 9.39. The summed E-state index contributed by atoms with van der Waals surface area (Å²) in [6, 6.07) is 3.28. The van der Waals surface area contributed by atoms with Gasteiger partial charge in [0.1, 0.15) is 0 Å². The molecule has 4 heterocycles. The summed E-state index contributed by atoms with van der Waals surface area (Å²) >= 11 is 7.43. The molecule has 1 amide bonds. The highest BCUT2D eigenvalue weighted by atomic mass is 35.5. The average molecular weight is 466 g/mol. The molecule has 0 spiro atoms. The van der Waals surface area contributed by atoms with E-state index in [1.165, 1.54) is 11.3 Å². The van der Waals surface area contributed by atoms with Gasteiger partial charge in [-0.25, -0.2) is 8.78 Å². The van der Waals surface area contributed by atoms with E-state index in [0.717, 1.165) is 17.8 Å². The summed E-state index contributed by atoms with van der Waals surface area (Å²) in [5.74, 6) is -2.39. The summed E-state index contributed by atoms with van der Waals surface area (Å²) in [4.78, 5) is 31.9. The van der Waals surface area contributed by atoms with E-state index in [4.69, 9.17) is 16.3 Å². The van der Waals surface area contributed by atoms with Crippen LogP contribution in [0.25, 0.3) is 10.8 Å². The summed E-state index contributed by atoms with van der Waals surface area (Å²) in [6.07, 6.45) is 0. The number of benzene rings is 1. The predicted molar refractivity (Wildman–Crippen MR) is 115 cm³/mol. The maximum Gasteiger partial charge on any atom is 0.256 e. The molecule has 5 rings (SSSR count). The molecule has 1 fully saturated rings. The Bertz CT molecular complexity index is 1250. The molecule has 10 heteroatoms. The van der Waals surface area contributed by atoms with Gasteiger partial charge in [0.05, 0.1) is 34.9 Å². The first-order valence-electron chi connectivity index (χ1n) is 9.70. The molecule has 2 aromatic heterocycles. The number of nitrogens with one attached hydrogen (secondary N) is 1. The Morgan fingerprint density at radius 3 is 2.65 bits per heavy atom. The van der Waals surface area contributed by atoms with Gasteiger partial charge in [0.25, 0.3) is 5.56 Å². The van der Waals surface area contributed by atoms with Gasteiger partial charge >= 0.3 is 0 Å². The molecule has 6 nitrogen and oxygen atoms in total. The van der Waals surface area contributed by atoms with Gasteiger partial charge in [-0.3, -0.25) is 9.59 Å².